The van der Waals surface area contributed by atoms with E-state index in [2.05, 4.69) is 25.5 Å². The molecule has 0 atom stereocenters. The molecule has 0 unspecified atom stereocenters. The summed E-state index contributed by atoms with van der Waals surface area (Å²) in [7, 11) is 0. The molecule has 0 bridgehead atoms. The number of aryl methyl sites for hydroxylation is 2. The molecule has 1 heterocycles. The van der Waals surface area contributed by atoms with Crippen LogP contribution in [0.5, 0.6) is 0 Å². The first kappa shape index (κ1) is 22.9. The molecular weight excluding hydrogens is 402 g/mol. The van der Waals surface area contributed by atoms with Gasteiger partial charge in [-0.05, 0) is 44.7 Å². The Kier molecular flexibility index (Phi) is 8.36. The van der Waals surface area contributed by atoms with Crippen LogP contribution in [0.2, 0.25) is 0 Å². The van der Waals surface area contributed by atoms with Crippen molar-refractivity contribution in [2.45, 2.75) is 20.8 Å². The number of amidine groups is 2. The lowest BCUT2D eigenvalue weighted by Gasteiger charge is -2.07. The van der Waals surface area contributed by atoms with E-state index in [9.17, 15) is 4.79 Å². The van der Waals surface area contributed by atoms with Gasteiger partial charge in [-0.25, -0.2) is 14.8 Å². The summed E-state index contributed by atoms with van der Waals surface area (Å²) >= 11 is 1.40. The van der Waals surface area contributed by atoms with Gasteiger partial charge in [-0.3, -0.25) is 10.8 Å². The van der Waals surface area contributed by atoms with E-state index in [1.807, 2.05) is 25.3 Å². The first-order valence-corrected chi connectivity index (χ1v) is 10.3. The van der Waals surface area contributed by atoms with Crippen LogP contribution in [0.4, 0.5) is 5.69 Å². The van der Waals surface area contributed by atoms with Gasteiger partial charge in [0, 0.05) is 11.3 Å². The standard InChI is InChI=1S/C20H25N7O2S/c1-5-29-19(28)16-9-15(25-13(16)3)10-24-27-20(30-4)26-17-8-14(7-6-12(17)2)18(22)23-11-21/h6-11,25H,5H2,1-4H3,(H,26,27)(H3,21,22,23)/b24-10+. The second-order valence-corrected chi connectivity index (χ2v) is 6.91. The van der Waals surface area contributed by atoms with Gasteiger partial charge < -0.3 is 15.5 Å². The zero-order chi connectivity index (χ0) is 22.1. The number of aromatic nitrogens is 1. The second-order valence-electron chi connectivity index (χ2n) is 6.12. The van der Waals surface area contributed by atoms with Gasteiger partial charge in [0.15, 0.2) is 5.17 Å². The molecule has 2 rings (SSSR count). The highest BCUT2D eigenvalue weighted by Crippen LogP contribution is 2.21. The Balaban J connectivity index is 2.18. The largest absolute Gasteiger partial charge is 0.462 e. The highest BCUT2D eigenvalue weighted by molar-refractivity contribution is 8.13. The highest BCUT2D eigenvalue weighted by Gasteiger charge is 2.12. The summed E-state index contributed by atoms with van der Waals surface area (Å²) in [6, 6.07) is 7.21. The lowest BCUT2D eigenvalue weighted by Crippen LogP contribution is -2.14. The number of nitrogens with zero attached hydrogens (tertiary/aromatic N) is 3. The van der Waals surface area contributed by atoms with Gasteiger partial charge in [0.05, 0.1) is 29.8 Å². The lowest BCUT2D eigenvalue weighted by molar-refractivity contribution is 0.0525. The Morgan fingerprint density at radius 3 is 2.80 bits per heavy atom. The fourth-order valence-corrected chi connectivity index (χ4v) is 2.82. The topological polar surface area (TPSA) is 141 Å². The predicted molar refractivity (Wildman–Crippen MR) is 124 cm³/mol. The molecular formula is C20H25N7O2S. The molecule has 0 saturated heterocycles. The van der Waals surface area contributed by atoms with Crippen molar-refractivity contribution in [3.63, 3.8) is 0 Å². The number of H-pyrrole nitrogens is 1. The number of aromatic amines is 1. The first-order chi connectivity index (χ1) is 14.4. The molecule has 1 aromatic heterocycles. The van der Waals surface area contributed by atoms with Crippen LogP contribution in [-0.4, -0.2) is 47.4 Å². The Hall–Kier alpha value is -3.40. The summed E-state index contributed by atoms with van der Waals surface area (Å²) in [6.45, 7) is 5.82. The van der Waals surface area contributed by atoms with E-state index in [4.69, 9.17) is 15.9 Å². The monoisotopic (exact) mass is 427 g/mol. The molecule has 0 fully saturated rings. The van der Waals surface area contributed by atoms with Gasteiger partial charge in [0.1, 0.15) is 12.2 Å². The third kappa shape index (κ3) is 6.05. The van der Waals surface area contributed by atoms with Crippen molar-refractivity contribution >= 4 is 47.0 Å². The fourth-order valence-electron chi connectivity index (χ4n) is 2.49. The smallest absolute Gasteiger partial charge is 0.339 e. The number of hydrogen-bond acceptors (Lipinski definition) is 6. The van der Waals surface area contributed by atoms with Gasteiger partial charge in [-0.1, -0.05) is 23.9 Å². The van der Waals surface area contributed by atoms with Crippen molar-refractivity contribution in [2.75, 3.05) is 12.9 Å². The number of hydrazone groups is 1. The molecule has 1 aromatic carbocycles. The minimum absolute atomic E-state index is 0.248. The number of nitrogens with one attached hydrogen (secondary N) is 3. The van der Waals surface area contributed by atoms with Gasteiger partial charge >= 0.3 is 5.97 Å². The summed E-state index contributed by atoms with van der Waals surface area (Å²) in [5.74, 6) is -0.121. The Morgan fingerprint density at radius 1 is 1.37 bits per heavy atom. The third-order valence-corrected chi connectivity index (χ3v) is 4.59. The second kappa shape index (κ2) is 11.0. The zero-order valence-corrected chi connectivity index (χ0v) is 18.1. The number of ether oxygens (including phenoxy) is 1. The van der Waals surface area contributed by atoms with Crippen LogP contribution in [0.1, 0.15) is 39.8 Å². The minimum atomic E-state index is -0.369. The molecule has 9 nitrogen and oxygen atoms in total. The van der Waals surface area contributed by atoms with Crippen molar-refractivity contribution in [3.8, 4) is 0 Å². The van der Waals surface area contributed by atoms with E-state index in [0.29, 0.717) is 40.0 Å². The zero-order valence-electron chi connectivity index (χ0n) is 17.3. The highest BCUT2D eigenvalue weighted by atomic mass is 32.2. The van der Waals surface area contributed by atoms with Crippen LogP contribution in [0, 0.1) is 19.3 Å². The van der Waals surface area contributed by atoms with Crippen LogP contribution in [0.15, 0.2) is 39.4 Å². The maximum Gasteiger partial charge on any atom is 0.339 e. The molecule has 2 aromatic rings. The van der Waals surface area contributed by atoms with Gasteiger partial charge in [0.2, 0.25) is 0 Å². The van der Waals surface area contributed by atoms with Gasteiger partial charge in [0.25, 0.3) is 0 Å². The fraction of sp³-hybridized carbons (Fsp3) is 0.250. The molecule has 10 heteroatoms. The van der Waals surface area contributed by atoms with E-state index < -0.39 is 0 Å². The number of hydrogen-bond donors (Lipinski definition) is 4. The molecule has 0 saturated carbocycles. The van der Waals surface area contributed by atoms with Gasteiger partial charge in [-0.15, -0.1) is 0 Å². The van der Waals surface area contributed by atoms with E-state index in [-0.39, 0.29) is 11.8 Å². The van der Waals surface area contributed by atoms with Crippen molar-refractivity contribution < 1.29 is 9.53 Å². The average Bonchev–Trinajstić information content (AvgIpc) is 3.09. The normalized spacial score (nSPS) is 12.3. The van der Waals surface area contributed by atoms with E-state index in [1.54, 1.807) is 32.2 Å². The van der Waals surface area contributed by atoms with Crippen LogP contribution >= 0.6 is 11.8 Å². The number of esters is 1. The average molecular weight is 428 g/mol. The number of benzene rings is 1. The molecule has 30 heavy (non-hydrogen) atoms. The number of carbonyl (C=O) groups is 1. The summed E-state index contributed by atoms with van der Waals surface area (Å²) in [5, 5.41) is 11.8. The SMILES string of the molecule is CCOC(=O)c1cc(/C=N/NC(=Nc2cc(C(N)=NC=N)ccc2C)SC)[nH]c1C. The predicted octanol–water partition coefficient (Wildman–Crippen LogP) is 3.09. The molecule has 0 aliphatic rings. The van der Waals surface area contributed by atoms with E-state index in [1.165, 1.54) is 11.8 Å². The molecule has 5 N–H and O–H groups in total. The van der Waals surface area contributed by atoms with Gasteiger partial charge in [-0.2, -0.15) is 5.10 Å². The number of rotatable bonds is 7. The lowest BCUT2D eigenvalue weighted by atomic mass is 10.1. The molecule has 0 amide bonds. The molecule has 158 valence electrons. The summed E-state index contributed by atoms with van der Waals surface area (Å²) in [5.41, 5.74) is 13.0. The summed E-state index contributed by atoms with van der Waals surface area (Å²) < 4.78 is 5.03. The number of aliphatic imine (C=N–C) groups is 2. The van der Waals surface area contributed by atoms with E-state index >= 15 is 0 Å². The van der Waals surface area contributed by atoms with E-state index in [0.717, 1.165) is 11.9 Å². The minimum Gasteiger partial charge on any atom is -0.462 e. The molecule has 0 radical (unpaired) electrons. The molecule has 0 aliphatic heterocycles. The Morgan fingerprint density at radius 2 is 2.13 bits per heavy atom. The van der Waals surface area contributed by atoms with Crippen LogP contribution < -0.4 is 11.2 Å². The maximum atomic E-state index is 11.9. The number of nitrogens with two attached hydrogens (primary N) is 1. The molecule has 0 aliphatic carbocycles. The van der Waals surface area contributed by atoms with Crippen molar-refractivity contribution in [1.29, 1.82) is 5.41 Å². The summed E-state index contributed by atoms with van der Waals surface area (Å²) in [6.07, 6.45) is 4.35. The van der Waals surface area contributed by atoms with Crippen molar-refractivity contribution in [2.24, 2.45) is 20.8 Å². The van der Waals surface area contributed by atoms with Crippen LogP contribution in [-0.2, 0) is 4.74 Å². The molecule has 0 spiro atoms. The first-order valence-electron chi connectivity index (χ1n) is 9.11. The van der Waals surface area contributed by atoms with Crippen LogP contribution in [0.25, 0.3) is 0 Å². The number of carbonyl (C=O) groups excluding carboxylic acids is 1. The van der Waals surface area contributed by atoms with Crippen molar-refractivity contribution in [3.05, 3.63) is 52.3 Å². The quantitative estimate of drug-likeness (QED) is 0.232. The third-order valence-electron chi connectivity index (χ3n) is 4.02. The van der Waals surface area contributed by atoms with Crippen molar-refractivity contribution in [1.82, 2.24) is 10.4 Å². The Bertz CT molecular complexity index is 1010. The number of thioether (sulfide) groups is 1. The maximum absolute atomic E-state index is 11.9. The Labute approximate surface area is 179 Å². The summed E-state index contributed by atoms with van der Waals surface area (Å²) in [4.78, 5) is 23.4. The van der Waals surface area contributed by atoms with Crippen LogP contribution in [0.3, 0.4) is 0 Å².